The molecule has 116 valence electrons. The van der Waals surface area contributed by atoms with Crippen LogP contribution in [-0.4, -0.2) is 23.1 Å². The van der Waals surface area contributed by atoms with Crippen molar-refractivity contribution in [1.29, 1.82) is 0 Å². The molecule has 5 nitrogen and oxygen atoms in total. The van der Waals surface area contributed by atoms with Crippen molar-refractivity contribution in [3.63, 3.8) is 0 Å². The summed E-state index contributed by atoms with van der Waals surface area (Å²) < 4.78 is 0. The second kappa shape index (κ2) is 7.52. The average Bonchev–Trinajstić information content (AvgIpc) is 2.49. The molecule has 1 unspecified atom stereocenters. The predicted molar refractivity (Wildman–Crippen MR) is 82.0 cm³/mol. The van der Waals surface area contributed by atoms with E-state index in [4.69, 9.17) is 0 Å². The van der Waals surface area contributed by atoms with Gasteiger partial charge in [0.2, 0.25) is 0 Å². The number of benzene rings is 1. The minimum Gasteiger partial charge on any atom is -0.387 e. The van der Waals surface area contributed by atoms with Gasteiger partial charge in [-0.1, -0.05) is 19.8 Å². The van der Waals surface area contributed by atoms with Crippen molar-refractivity contribution in [2.45, 2.75) is 38.7 Å². The second-order valence-corrected chi connectivity index (χ2v) is 6.15. The lowest BCUT2D eigenvalue weighted by Crippen LogP contribution is -2.29. The van der Waals surface area contributed by atoms with Gasteiger partial charge in [-0.3, -0.25) is 10.1 Å². The summed E-state index contributed by atoms with van der Waals surface area (Å²) in [6.45, 7) is 3.74. The first kappa shape index (κ1) is 15.9. The number of aliphatic hydroxyl groups excluding tert-OH is 1. The Balaban J connectivity index is 1.74. The zero-order valence-electron chi connectivity index (χ0n) is 12.5. The maximum atomic E-state index is 10.6. The third-order valence-corrected chi connectivity index (χ3v) is 4.39. The third-order valence-electron chi connectivity index (χ3n) is 4.39. The molecule has 0 aromatic heterocycles. The van der Waals surface area contributed by atoms with Crippen LogP contribution in [0.4, 0.5) is 5.69 Å². The molecule has 2 N–H and O–H groups in total. The molecule has 5 heteroatoms. The van der Waals surface area contributed by atoms with Crippen molar-refractivity contribution in [2.24, 2.45) is 11.8 Å². The molecular weight excluding hydrogens is 268 g/mol. The van der Waals surface area contributed by atoms with Gasteiger partial charge in [0.05, 0.1) is 11.0 Å². The molecule has 0 saturated heterocycles. The summed E-state index contributed by atoms with van der Waals surface area (Å²) in [5.74, 6) is 1.57. The summed E-state index contributed by atoms with van der Waals surface area (Å²) in [5.41, 5.74) is 0.764. The minimum atomic E-state index is -0.617. The summed E-state index contributed by atoms with van der Waals surface area (Å²) in [7, 11) is 0. The van der Waals surface area contributed by atoms with Crippen LogP contribution in [0.2, 0.25) is 0 Å². The van der Waals surface area contributed by atoms with Crippen LogP contribution >= 0.6 is 0 Å². The lowest BCUT2D eigenvalue weighted by Gasteiger charge is -2.26. The van der Waals surface area contributed by atoms with Crippen molar-refractivity contribution in [3.05, 3.63) is 39.9 Å². The van der Waals surface area contributed by atoms with Crippen molar-refractivity contribution in [2.75, 3.05) is 13.1 Å². The Bertz CT molecular complexity index is 453. The fourth-order valence-electron chi connectivity index (χ4n) is 2.89. The molecule has 1 saturated carbocycles. The first-order chi connectivity index (χ1) is 10.1. The molecule has 1 aliphatic rings. The van der Waals surface area contributed by atoms with Crippen LogP contribution in [0.3, 0.4) is 0 Å². The molecular formula is C16H24N2O3. The standard InChI is InChI=1S/C16H24N2O3/c1-12-2-4-13(5-3-12)10-17-11-16(19)14-6-8-15(9-7-14)18(20)21/h6-9,12-13,16-17,19H,2-5,10-11H2,1H3. The minimum absolute atomic E-state index is 0.0511. The molecule has 1 aromatic carbocycles. The van der Waals surface area contributed by atoms with Crippen LogP contribution in [-0.2, 0) is 0 Å². The summed E-state index contributed by atoms with van der Waals surface area (Å²) in [4.78, 5) is 10.2. The Morgan fingerprint density at radius 3 is 2.48 bits per heavy atom. The fourth-order valence-corrected chi connectivity index (χ4v) is 2.89. The monoisotopic (exact) mass is 292 g/mol. The van der Waals surface area contributed by atoms with Crippen molar-refractivity contribution in [1.82, 2.24) is 5.32 Å². The Kier molecular flexibility index (Phi) is 5.70. The molecule has 0 bridgehead atoms. The number of rotatable bonds is 6. The smallest absolute Gasteiger partial charge is 0.269 e. The van der Waals surface area contributed by atoms with Gasteiger partial charge in [-0.25, -0.2) is 0 Å². The van der Waals surface area contributed by atoms with Gasteiger partial charge in [0.25, 0.3) is 5.69 Å². The molecule has 2 rings (SSSR count). The highest BCUT2D eigenvalue weighted by atomic mass is 16.6. The SMILES string of the molecule is CC1CCC(CNCC(O)c2ccc([N+](=O)[O-])cc2)CC1. The first-order valence-electron chi connectivity index (χ1n) is 7.69. The highest BCUT2D eigenvalue weighted by molar-refractivity contribution is 5.33. The number of non-ortho nitro benzene ring substituents is 1. The number of nitrogens with zero attached hydrogens (tertiary/aromatic N) is 1. The van der Waals surface area contributed by atoms with E-state index in [0.717, 1.165) is 12.5 Å². The summed E-state index contributed by atoms with van der Waals surface area (Å²) in [6, 6.07) is 6.10. The fraction of sp³-hybridized carbons (Fsp3) is 0.625. The van der Waals surface area contributed by atoms with E-state index in [1.807, 2.05) is 0 Å². The van der Waals surface area contributed by atoms with Gasteiger partial charge < -0.3 is 10.4 Å². The number of aliphatic hydroxyl groups is 1. The van der Waals surface area contributed by atoms with Gasteiger partial charge >= 0.3 is 0 Å². The van der Waals surface area contributed by atoms with E-state index in [1.54, 1.807) is 12.1 Å². The highest BCUT2D eigenvalue weighted by Gasteiger charge is 2.18. The van der Waals surface area contributed by atoms with Crippen LogP contribution in [0.1, 0.15) is 44.3 Å². The molecule has 0 amide bonds. The Labute approximate surface area is 125 Å². The lowest BCUT2D eigenvalue weighted by molar-refractivity contribution is -0.384. The predicted octanol–water partition coefficient (Wildman–Crippen LogP) is 3.04. The zero-order chi connectivity index (χ0) is 15.2. The van der Waals surface area contributed by atoms with Gasteiger partial charge in [0, 0.05) is 18.7 Å². The second-order valence-electron chi connectivity index (χ2n) is 6.15. The Morgan fingerprint density at radius 2 is 1.90 bits per heavy atom. The molecule has 21 heavy (non-hydrogen) atoms. The number of hydrogen-bond donors (Lipinski definition) is 2. The van der Waals surface area contributed by atoms with Crippen LogP contribution in [0.5, 0.6) is 0 Å². The van der Waals surface area contributed by atoms with Gasteiger partial charge in [0.15, 0.2) is 0 Å². The van der Waals surface area contributed by atoms with E-state index < -0.39 is 11.0 Å². The molecule has 1 aliphatic carbocycles. The number of nitro groups is 1. The lowest BCUT2D eigenvalue weighted by atomic mass is 9.83. The maximum Gasteiger partial charge on any atom is 0.269 e. The van der Waals surface area contributed by atoms with Gasteiger partial charge in [-0.05, 0) is 48.9 Å². The first-order valence-corrected chi connectivity index (χ1v) is 7.69. The summed E-state index contributed by atoms with van der Waals surface area (Å²) >= 11 is 0. The van der Waals surface area contributed by atoms with Crippen molar-refractivity contribution < 1.29 is 10.0 Å². The number of nitrogens with one attached hydrogen (secondary N) is 1. The van der Waals surface area contributed by atoms with E-state index in [9.17, 15) is 15.2 Å². The van der Waals surface area contributed by atoms with Crippen molar-refractivity contribution >= 4 is 5.69 Å². The Morgan fingerprint density at radius 1 is 1.29 bits per heavy atom. The van der Waals surface area contributed by atoms with E-state index in [2.05, 4.69) is 12.2 Å². The molecule has 1 fully saturated rings. The van der Waals surface area contributed by atoms with Crippen molar-refractivity contribution in [3.8, 4) is 0 Å². The van der Waals surface area contributed by atoms with Crippen LogP contribution < -0.4 is 5.32 Å². The topological polar surface area (TPSA) is 75.4 Å². The van der Waals surface area contributed by atoms with E-state index >= 15 is 0 Å². The molecule has 1 aromatic rings. The maximum absolute atomic E-state index is 10.6. The summed E-state index contributed by atoms with van der Waals surface area (Å²) in [6.07, 6.45) is 4.52. The van der Waals surface area contributed by atoms with E-state index in [1.165, 1.54) is 37.8 Å². The van der Waals surface area contributed by atoms with Gasteiger partial charge in [-0.2, -0.15) is 0 Å². The number of nitro benzene ring substituents is 1. The third kappa shape index (κ3) is 4.79. The molecule has 0 radical (unpaired) electrons. The summed E-state index contributed by atoms with van der Waals surface area (Å²) in [5, 5.41) is 24.0. The molecule has 1 atom stereocenters. The van der Waals surface area contributed by atoms with E-state index in [0.29, 0.717) is 18.0 Å². The van der Waals surface area contributed by atoms with Gasteiger partial charge in [0.1, 0.15) is 0 Å². The molecule has 0 spiro atoms. The largest absolute Gasteiger partial charge is 0.387 e. The quantitative estimate of drug-likeness (QED) is 0.624. The van der Waals surface area contributed by atoms with Gasteiger partial charge in [-0.15, -0.1) is 0 Å². The average molecular weight is 292 g/mol. The van der Waals surface area contributed by atoms with Crippen LogP contribution in [0.15, 0.2) is 24.3 Å². The highest BCUT2D eigenvalue weighted by Crippen LogP contribution is 2.27. The van der Waals surface area contributed by atoms with Crippen LogP contribution in [0.25, 0.3) is 0 Å². The Hall–Kier alpha value is -1.46. The number of hydrogen-bond acceptors (Lipinski definition) is 4. The zero-order valence-corrected chi connectivity index (χ0v) is 12.5. The van der Waals surface area contributed by atoms with Crippen LogP contribution in [0, 0.1) is 22.0 Å². The molecule has 0 heterocycles. The van der Waals surface area contributed by atoms with E-state index in [-0.39, 0.29) is 5.69 Å². The molecule has 0 aliphatic heterocycles. The normalized spacial score (nSPS) is 23.7.